The number of H-pyrrole nitrogens is 1. The molecule has 0 bridgehead atoms. The van der Waals surface area contributed by atoms with Gasteiger partial charge in [-0.1, -0.05) is 6.92 Å². The van der Waals surface area contributed by atoms with Crippen LogP contribution in [0.25, 0.3) is 0 Å². The van der Waals surface area contributed by atoms with Crippen LogP contribution in [-0.4, -0.2) is 38.8 Å². The molecule has 1 saturated heterocycles. The molecule has 1 fully saturated rings. The van der Waals surface area contributed by atoms with Gasteiger partial charge in [0.05, 0.1) is 0 Å². The molecule has 0 amide bonds. The Hall–Kier alpha value is -0.550. The van der Waals surface area contributed by atoms with Crippen LogP contribution in [0.15, 0.2) is 6.33 Å². The standard InChI is InChI=1S/C11H20N4S/c1-9-10(4-3-7-16-9)12-6-2-5-11-13-8-14-15-11/h8-10,12H,2-7H2,1H3,(H,13,14,15). The highest BCUT2D eigenvalue weighted by Crippen LogP contribution is 2.24. The third kappa shape index (κ3) is 3.49. The van der Waals surface area contributed by atoms with Crippen molar-refractivity contribution in [1.29, 1.82) is 0 Å². The molecule has 1 aromatic heterocycles. The second kappa shape index (κ2) is 6.25. The highest BCUT2D eigenvalue weighted by Gasteiger charge is 2.20. The summed E-state index contributed by atoms with van der Waals surface area (Å²) < 4.78 is 0. The molecule has 0 radical (unpaired) electrons. The van der Waals surface area contributed by atoms with Crippen LogP contribution in [0.1, 0.15) is 32.0 Å². The molecule has 0 spiro atoms. The molecule has 2 rings (SSSR count). The van der Waals surface area contributed by atoms with Crippen LogP contribution in [0.4, 0.5) is 0 Å². The number of nitrogens with one attached hydrogen (secondary N) is 2. The van der Waals surface area contributed by atoms with Crippen molar-refractivity contribution in [3.63, 3.8) is 0 Å². The number of nitrogens with zero attached hydrogens (tertiary/aromatic N) is 2. The zero-order valence-electron chi connectivity index (χ0n) is 9.78. The van der Waals surface area contributed by atoms with Gasteiger partial charge in [-0.2, -0.15) is 16.9 Å². The summed E-state index contributed by atoms with van der Waals surface area (Å²) >= 11 is 2.09. The first-order valence-electron chi connectivity index (χ1n) is 6.05. The first kappa shape index (κ1) is 11.9. The van der Waals surface area contributed by atoms with Gasteiger partial charge in [0.25, 0.3) is 0 Å². The number of hydrogen-bond acceptors (Lipinski definition) is 4. The van der Waals surface area contributed by atoms with Crippen molar-refractivity contribution in [3.05, 3.63) is 12.2 Å². The number of aryl methyl sites for hydroxylation is 1. The molecule has 2 atom stereocenters. The van der Waals surface area contributed by atoms with Gasteiger partial charge < -0.3 is 5.32 Å². The van der Waals surface area contributed by atoms with Crippen LogP contribution in [0, 0.1) is 0 Å². The zero-order valence-corrected chi connectivity index (χ0v) is 10.6. The summed E-state index contributed by atoms with van der Waals surface area (Å²) in [7, 11) is 0. The molecule has 5 heteroatoms. The van der Waals surface area contributed by atoms with Gasteiger partial charge in [-0.25, -0.2) is 4.98 Å². The Bertz CT molecular complexity index is 288. The average Bonchev–Trinajstić information content (AvgIpc) is 2.79. The highest BCUT2D eigenvalue weighted by molar-refractivity contribution is 7.99. The van der Waals surface area contributed by atoms with Gasteiger partial charge in [0.2, 0.25) is 0 Å². The maximum absolute atomic E-state index is 4.12. The van der Waals surface area contributed by atoms with Crippen LogP contribution in [0.2, 0.25) is 0 Å². The van der Waals surface area contributed by atoms with E-state index in [1.54, 1.807) is 6.33 Å². The Kier molecular flexibility index (Phi) is 4.66. The number of aromatic amines is 1. The van der Waals surface area contributed by atoms with Crippen LogP contribution < -0.4 is 5.32 Å². The fourth-order valence-corrected chi connectivity index (χ4v) is 3.26. The van der Waals surface area contributed by atoms with Crippen LogP contribution in [0.3, 0.4) is 0 Å². The molecule has 1 aliphatic rings. The zero-order chi connectivity index (χ0) is 11.2. The molecule has 90 valence electrons. The summed E-state index contributed by atoms with van der Waals surface area (Å²) in [5.74, 6) is 2.32. The predicted octanol–water partition coefficient (Wildman–Crippen LogP) is 1.61. The van der Waals surface area contributed by atoms with E-state index in [1.165, 1.54) is 18.6 Å². The number of rotatable bonds is 5. The molecule has 4 nitrogen and oxygen atoms in total. The number of hydrogen-bond donors (Lipinski definition) is 2. The highest BCUT2D eigenvalue weighted by atomic mass is 32.2. The molecule has 0 aliphatic carbocycles. The Morgan fingerprint density at radius 1 is 1.62 bits per heavy atom. The number of thioether (sulfide) groups is 1. The van der Waals surface area contributed by atoms with Crippen LogP contribution in [-0.2, 0) is 6.42 Å². The van der Waals surface area contributed by atoms with Crippen molar-refractivity contribution in [3.8, 4) is 0 Å². The average molecular weight is 240 g/mol. The van der Waals surface area contributed by atoms with E-state index in [0.29, 0.717) is 6.04 Å². The van der Waals surface area contributed by atoms with E-state index in [-0.39, 0.29) is 0 Å². The van der Waals surface area contributed by atoms with E-state index >= 15 is 0 Å². The minimum atomic E-state index is 0.702. The Balaban J connectivity index is 1.60. The molecular formula is C11H20N4S. The molecule has 2 N–H and O–H groups in total. The van der Waals surface area contributed by atoms with Crippen molar-refractivity contribution >= 4 is 11.8 Å². The molecule has 1 aromatic rings. The van der Waals surface area contributed by atoms with Gasteiger partial charge in [-0.05, 0) is 31.6 Å². The van der Waals surface area contributed by atoms with Crippen molar-refractivity contribution in [2.24, 2.45) is 0 Å². The maximum Gasteiger partial charge on any atom is 0.137 e. The molecular weight excluding hydrogens is 220 g/mol. The van der Waals surface area contributed by atoms with Crippen molar-refractivity contribution in [1.82, 2.24) is 20.5 Å². The lowest BCUT2D eigenvalue weighted by molar-refractivity contribution is 0.457. The summed E-state index contributed by atoms with van der Waals surface area (Å²) in [4.78, 5) is 4.12. The minimum Gasteiger partial charge on any atom is -0.313 e. The lowest BCUT2D eigenvalue weighted by Crippen LogP contribution is -2.39. The summed E-state index contributed by atoms with van der Waals surface area (Å²) in [6.07, 6.45) is 6.37. The summed E-state index contributed by atoms with van der Waals surface area (Å²) in [5, 5.41) is 11.1. The van der Waals surface area contributed by atoms with Gasteiger partial charge >= 0.3 is 0 Å². The summed E-state index contributed by atoms with van der Waals surface area (Å²) in [5.41, 5.74) is 0. The molecule has 2 heterocycles. The monoisotopic (exact) mass is 240 g/mol. The molecule has 0 aromatic carbocycles. The quantitative estimate of drug-likeness (QED) is 0.768. The molecule has 0 saturated carbocycles. The SMILES string of the molecule is CC1SCCCC1NCCCc1ncn[nH]1. The van der Waals surface area contributed by atoms with Gasteiger partial charge in [0.15, 0.2) is 0 Å². The smallest absolute Gasteiger partial charge is 0.137 e. The lowest BCUT2D eigenvalue weighted by atomic mass is 10.1. The van der Waals surface area contributed by atoms with Gasteiger partial charge in [-0.3, -0.25) is 5.10 Å². The van der Waals surface area contributed by atoms with Crippen molar-refractivity contribution < 1.29 is 0 Å². The third-order valence-corrected chi connectivity index (χ3v) is 4.45. The van der Waals surface area contributed by atoms with Crippen LogP contribution in [0.5, 0.6) is 0 Å². The third-order valence-electron chi connectivity index (χ3n) is 3.07. The predicted molar refractivity (Wildman–Crippen MR) is 67.6 cm³/mol. The normalized spacial score (nSPS) is 25.8. The summed E-state index contributed by atoms with van der Waals surface area (Å²) in [6, 6.07) is 0.702. The van der Waals surface area contributed by atoms with Gasteiger partial charge in [-0.15, -0.1) is 0 Å². The minimum absolute atomic E-state index is 0.702. The topological polar surface area (TPSA) is 53.6 Å². The Morgan fingerprint density at radius 3 is 3.31 bits per heavy atom. The maximum atomic E-state index is 4.12. The Labute approximate surface area is 101 Å². The molecule has 1 aliphatic heterocycles. The first-order chi connectivity index (χ1) is 7.86. The fourth-order valence-electron chi connectivity index (χ4n) is 2.09. The lowest BCUT2D eigenvalue weighted by Gasteiger charge is -2.29. The fraction of sp³-hybridized carbons (Fsp3) is 0.818. The molecule has 16 heavy (non-hydrogen) atoms. The van der Waals surface area contributed by atoms with Crippen molar-refractivity contribution in [2.45, 2.75) is 43.9 Å². The van der Waals surface area contributed by atoms with E-state index in [4.69, 9.17) is 0 Å². The van der Waals surface area contributed by atoms with E-state index in [1.807, 2.05) is 0 Å². The van der Waals surface area contributed by atoms with Gasteiger partial charge in [0.1, 0.15) is 12.2 Å². The van der Waals surface area contributed by atoms with E-state index in [2.05, 4.69) is 39.2 Å². The number of aromatic nitrogens is 3. The molecule has 2 unspecified atom stereocenters. The second-order valence-corrected chi connectivity index (χ2v) is 5.80. The largest absolute Gasteiger partial charge is 0.313 e. The summed E-state index contributed by atoms with van der Waals surface area (Å²) in [6.45, 7) is 3.41. The second-order valence-electron chi connectivity index (χ2n) is 4.31. The Morgan fingerprint density at radius 2 is 2.56 bits per heavy atom. The van der Waals surface area contributed by atoms with Gasteiger partial charge in [0, 0.05) is 17.7 Å². The van der Waals surface area contributed by atoms with E-state index in [0.717, 1.165) is 30.5 Å². The van der Waals surface area contributed by atoms with Crippen LogP contribution >= 0.6 is 11.8 Å². The van der Waals surface area contributed by atoms with Crippen molar-refractivity contribution in [2.75, 3.05) is 12.3 Å². The van der Waals surface area contributed by atoms with E-state index in [9.17, 15) is 0 Å². The van der Waals surface area contributed by atoms with E-state index < -0.39 is 0 Å². The first-order valence-corrected chi connectivity index (χ1v) is 7.10.